The van der Waals surface area contributed by atoms with Crippen molar-refractivity contribution in [2.45, 2.75) is 0 Å². The number of phenolic OH excluding ortho intramolecular Hbond substituents is 1. The van der Waals surface area contributed by atoms with E-state index >= 15 is 0 Å². The molecule has 0 unspecified atom stereocenters. The first-order valence-corrected chi connectivity index (χ1v) is 11.1. The Hall–Kier alpha value is -2.74. The number of phenols is 1. The lowest BCUT2D eigenvalue weighted by atomic mass is 10.2. The van der Waals surface area contributed by atoms with Crippen molar-refractivity contribution >= 4 is 61.8 Å². The molecule has 5 nitrogen and oxygen atoms in total. The molecule has 0 radical (unpaired) electrons. The summed E-state index contributed by atoms with van der Waals surface area (Å²) in [5.74, 6) is 0.470. The first kappa shape index (κ1) is 21.5. The first-order valence-electron chi connectivity index (χ1n) is 9.16. The molecule has 0 spiro atoms. The Morgan fingerprint density at radius 3 is 2.45 bits per heavy atom. The van der Waals surface area contributed by atoms with Crippen molar-refractivity contribution in [3.8, 4) is 17.0 Å². The third-order valence-corrected chi connectivity index (χ3v) is 5.63. The number of hydrogen-bond acceptors (Lipinski definition) is 4. The summed E-state index contributed by atoms with van der Waals surface area (Å²) >= 11 is 12.7. The molecule has 154 valence electrons. The molecular weight excluding hydrogens is 544 g/mol. The van der Waals surface area contributed by atoms with E-state index in [-0.39, 0.29) is 5.75 Å². The lowest BCUT2D eigenvalue weighted by molar-refractivity contribution is 0.471. The number of aromatic nitrogens is 2. The summed E-state index contributed by atoms with van der Waals surface area (Å²) in [7, 11) is 0. The van der Waals surface area contributed by atoms with E-state index in [0.717, 1.165) is 21.3 Å². The minimum Gasteiger partial charge on any atom is -0.506 e. The third kappa shape index (κ3) is 5.31. The van der Waals surface area contributed by atoms with Crippen LogP contribution in [0.2, 0.25) is 5.02 Å². The largest absolute Gasteiger partial charge is 0.506 e. The van der Waals surface area contributed by atoms with E-state index in [9.17, 15) is 5.11 Å². The maximum absolute atomic E-state index is 10.3. The molecular formula is C23H15Br2ClN4O. The minimum absolute atomic E-state index is 0.0954. The van der Waals surface area contributed by atoms with Crippen molar-refractivity contribution in [1.82, 2.24) is 9.66 Å². The van der Waals surface area contributed by atoms with Gasteiger partial charge in [-0.1, -0.05) is 70.0 Å². The lowest BCUT2D eigenvalue weighted by Gasteiger charge is -2.02. The van der Waals surface area contributed by atoms with Gasteiger partial charge in [0.15, 0.2) is 0 Å². The van der Waals surface area contributed by atoms with Crippen LogP contribution >= 0.6 is 43.5 Å². The zero-order valence-corrected chi connectivity index (χ0v) is 19.9. The fourth-order valence-corrected chi connectivity index (χ4v) is 4.16. The molecule has 0 saturated heterocycles. The Labute approximate surface area is 201 Å². The monoisotopic (exact) mass is 556 g/mol. The predicted octanol–water partition coefficient (Wildman–Crippen LogP) is 7.07. The second-order valence-corrected chi connectivity index (χ2v) is 8.72. The fraction of sp³-hybridized carbons (Fsp3) is 0. The van der Waals surface area contributed by atoms with Crippen LogP contribution in [-0.2, 0) is 0 Å². The van der Waals surface area contributed by atoms with Crippen LogP contribution in [0.5, 0.6) is 5.75 Å². The van der Waals surface area contributed by atoms with E-state index in [0.29, 0.717) is 21.0 Å². The van der Waals surface area contributed by atoms with E-state index in [1.165, 1.54) is 0 Å². The molecule has 3 aromatic carbocycles. The highest BCUT2D eigenvalue weighted by molar-refractivity contribution is 9.11. The van der Waals surface area contributed by atoms with E-state index < -0.39 is 0 Å². The van der Waals surface area contributed by atoms with Gasteiger partial charge in [-0.05, 0) is 45.8 Å². The molecule has 0 atom stereocenters. The van der Waals surface area contributed by atoms with E-state index in [2.05, 4.69) is 46.9 Å². The van der Waals surface area contributed by atoms with Gasteiger partial charge in [-0.2, -0.15) is 5.10 Å². The highest BCUT2D eigenvalue weighted by Crippen LogP contribution is 2.31. The molecule has 4 aromatic rings. The Balaban J connectivity index is 1.73. The van der Waals surface area contributed by atoms with Crippen molar-refractivity contribution in [2.75, 3.05) is 0 Å². The quantitative estimate of drug-likeness (QED) is 0.267. The highest BCUT2D eigenvalue weighted by Gasteiger charge is 2.10. The molecule has 8 heteroatoms. The van der Waals surface area contributed by atoms with Gasteiger partial charge in [0, 0.05) is 26.8 Å². The average Bonchev–Trinajstić information content (AvgIpc) is 3.18. The molecule has 0 bridgehead atoms. The number of imidazole rings is 1. The number of aromatic hydroxyl groups is 1. The molecule has 0 saturated carbocycles. The second-order valence-electron chi connectivity index (χ2n) is 6.52. The van der Waals surface area contributed by atoms with Crippen LogP contribution in [0.4, 0.5) is 5.95 Å². The van der Waals surface area contributed by atoms with E-state index in [4.69, 9.17) is 11.6 Å². The standard InChI is InChI=1S/C23H15Br2ClN4O/c24-18-10-17(22(31)20(25)11-18)13-27-23-29-21(16-4-2-1-3-5-16)14-30(23)28-12-15-6-8-19(26)9-7-15/h1-14,31H/b27-13+,28-12-. The molecule has 1 N–H and O–H groups in total. The van der Waals surface area contributed by atoms with Crippen LogP contribution in [0.1, 0.15) is 11.1 Å². The van der Waals surface area contributed by atoms with Crippen LogP contribution in [0, 0.1) is 0 Å². The van der Waals surface area contributed by atoms with Crippen molar-refractivity contribution in [2.24, 2.45) is 10.1 Å². The van der Waals surface area contributed by atoms with Crippen LogP contribution in [-0.4, -0.2) is 27.2 Å². The fourth-order valence-electron chi connectivity index (χ4n) is 2.77. The summed E-state index contributed by atoms with van der Waals surface area (Å²) in [6.07, 6.45) is 5.07. The van der Waals surface area contributed by atoms with Crippen LogP contribution in [0.3, 0.4) is 0 Å². The minimum atomic E-state index is 0.0954. The topological polar surface area (TPSA) is 62.8 Å². The predicted molar refractivity (Wildman–Crippen MR) is 133 cm³/mol. The number of halogens is 3. The van der Waals surface area contributed by atoms with Crippen molar-refractivity contribution in [1.29, 1.82) is 0 Å². The lowest BCUT2D eigenvalue weighted by Crippen LogP contribution is -1.90. The normalized spacial score (nSPS) is 11.6. The van der Waals surface area contributed by atoms with Gasteiger partial charge in [0.1, 0.15) is 5.75 Å². The van der Waals surface area contributed by atoms with Gasteiger partial charge in [-0.3, -0.25) is 0 Å². The van der Waals surface area contributed by atoms with E-state index in [1.54, 1.807) is 41.4 Å². The van der Waals surface area contributed by atoms with Gasteiger partial charge in [0.25, 0.3) is 5.95 Å². The van der Waals surface area contributed by atoms with Gasteiger partial charge in [-0.25, -0.2) is 14.7 Å². The van der Waals surface area contributed by atoms with Crippen molar-refractivity contribution in [3.05, 3.63) is 98.0 Å². The van der Waals surface area contributed by atoms with Gasteiger partial charge in [0.05, 0.1) is 22.6 Å². The smallest absolute Gasteiger partial charge is 0.251 e. The van der Waals surface area contributed by atoms with Crippen LogP contribution < -0.4 is 0 Å². The van der Waals surface area contributed by atoms with Gasteiger partial charge in [-0.15, -0.1) is 0 Å². The van der Waals surface area contributed by atoms with E-state index in [1.807, 2.05) is 48.7 Å². The first-order chi connectivity index (χ1) is 15.0. The molecule has 0 aliphatic rings. The summed E-state index contributed by atoms with van der Waals surface area (Å²) in [5, 5.41) is 15.5. The van der Waals surface area contributed by atoms with Crippen molar-refractivity contribution < 1.29 is 5.11 Å². The summed E-state index contributed by atoms with van der Waals surface area (Å²) in [5.41, 5.74) is 3.12. The Morgan fingerprint density at radius 2 is 1.71 bits per heavy atom. The maximum atomic E-state index is 10.3. The zero-order valence-electron chi connectivity index (χ0n) is 16.0. The van der Waals surface area contributed by atoms with Crippen LogP contribution in [0.25, 0.3) is 11.3 Å². The summed E-state index contributed by atoms with van der Waals surface area (Å²) < 4.78 is 2.97. The Morgan fingerprint density at radius 1 is 0.968 bits per heavy atom. The summed E-state index contributed by atoms with van der Waals surface area (Å²) in [6, 6.07) is 20.7. The maximum Gasteiger partial charge on any atom is 0.251 e. The number of aliphatic imine (C=N–C) groups is 1. The zero-order chi connectivity index (χ0) is 21.8. The molecule has 31 heavy (non-hydrogen) atoms. The van der Waals surface area contributed by atoms with Crippen molar-refractivity contribution in [3.63, 3.8) is 0 Å². The van der Waals surface area contributed by atoms with Crippen LogP contribution in [0.15, 0.2) is 92.0 Å². The number of nitrogens with zero attached hydrogens (tertiary/aromatic N) is 4. The van der Waals surface area contributed by atoms with Gasteiger partial charge in [0.2, 0.25) is 0 Å². The SMILES string of the molecule is Oc1c(Br)cc(Br)cc1/C=N/c1nc(-c2ccccc2)cn1/N=C\c1ccc(Cl)cc1. The molecule has 1 heterocycles. The number of hydrogen-bond donors (Lipinski definition) is 1. The number of benzene rings is 3. The highest BCUT2D eigenvalue weighted by atomic mass is 79.9. The number of rotatable bonds is 5. The molecule has 0 aliphatic carbocycles. The molecule has 0 aliphatic heterocycles. The second kappa shape index (κ2) is 9.60. The molecule has 1 aromatic heterocycles. The Kier molecular flexibility index (Phi) is 6.65. The van der Waals surface area contributed by atoms with Gasteiger partial charge >= 0.3 is 0 Å². The third-order valence-electron chi connectivity index (χ3n) is 4.32. The molecule has 0 fully saturated rings. The molecule has 4 rings (SSSR count). The van der Waals surface area contributed by atoms with Gasteiger partial charge < -0.3 is 5.11 Å². The summed E-state index contributed by atoms with van der Waals surface area (Å²) in [4.78, 5) is 9.10. The Bertz CT molecular complexity index is 1270. The molecule has 0 amide bonds. The average molecular weight is 559 g/mol. The summed E-state index contributed by atoms with van der Waals surface area (Å²) in [6.45, 7) is 0.